The summed E-state index contributed by atoms with van der Waals surface area (Å²) in [6, 6.07) is 11.6. The highest BCUT2D eigenvalue weighted by molar-refractivity contribution is 7.99. The summed E-state index contributed by atoms with van der Waals surface area (Å²) in [5, 5.41) is 11.9. The Morgan fingerprint density at radius 2 is 2.03 bits per heavy atom. The SMILES string of the molecule is Cc1ccc(Cn2c(SCC(=O)Nc3cc(C)[nH]n3)nc3ccsc3c2=O)cc1. The number of carbonyl (C=O) groups excluding carboxylic acids is 1. The lowest BCUT2D eigenvalue weighted by molar-refractivity contribution is -0.113. The number of anilines is 1. The number of H-pyrrole nitrogens is 1. The molecule has 29 heavy (non-hydrogen) atoms. The predicted molar refractivity (Wildman–Crippen MR) is 117 cm³/mol. The monoisotopic (exact) mass is 425 g/mol. The maximum absolute atomic E-state index is 13.0. The largest absolute Gasteiger partial charge is 0.308 e. The Kier molecular flexibility index (Phi) is 5.50. The van der Waals surface area contributed by atoms with E-state index in [0.29, 0.717) is 27.7 Å². The lowest BCUT2D eigenvalue weighted by atomic mass is 10.1. The first kappa shape index (κ1) is 19.4. The zero-order valence-electron chi connectivity index (χ0n) is 15.9. The fraction of sp³-hybridized carbons (Fsp3) is 0.200. The molecule has 1 aromatic carbocycles. The molecule has 0 aliphatic heterocycles. The Morgan fingerprint density at radius 3 is 2.76 bits per heavy atom. The number of fused-ring (bicyclic) bond motifs is 1. The van der Waals surface area contributed by atoms with Crippen molar-refractivity contribution in [3.8, 4) is 0 Å². The first-order valence-electron chi connectivity index (χ1n) is 8.98. The van der Waals surface area contributed by atoms with E-state index in [1.54, 1.807) is 10.6 Å². The molecule has 0 saturated heterocycles. The average molecular weight is 426 g/mol. The second-order valence-corrected chi connectivity index (χ2v) is 8.54. The summed E-state index contributed by atoms with van der Waals surface area (Å²) in [4.78, 5) is 30.0. The zero-order valence-corrected chi connectivity index (χ0v) is 17.6. The van der Waals surface area contributed by atoms with Gasteiger partial charge in [0.25, 0.3) is 5.56 Å². The lowest BCUT2D eigenvalue weighted by Gasteiger charge is -2.12. The standard InChI is InChI=1S/C20H19N5O2S2/c1-12-3-5-14(6-4-12)10-25-19(27)18-15(7-8-28-18)21-20(25)29-11-17(26)22-16-9-13(2)23-24-16/h3-9H,10-11H2,1-2H3,(H2,22,23,24,26). The Balaban J connectivity index is 1.59. The number of nitrogens with one attached hydrogen (secondary N) is 2. The molecule has 0 atom stereocenters. The molecule has 4 aromatic rings. The van der Waals surface area contributed by atoms with Gasteiger partial charge in [0.1, 0.15) is 4.70 Å². The second kappa shape index (κ2) is 8.22. The molecular weight excluding hydrogens is 406 g/mol. The van der Waals surface area contributed by atoms with Crippen molar-refractivity contribution in [3.63, 3.8) is 0 Å². The Hall–Kier alpha value is -2.91. The summed E-state index contributed by atoms with van der Waals surface area (Å²) >= 11 is 2.62. The number of nitrogens with zero attached hydrogens (tertiary/aromatic N) is 3. The van der Waals surface area contributed by atoms with Crippen LogP contribution in [0.2, 0.25) is 0 Å². The molecule has 4 rings (SSSR count). The number of carbonyl (C=O) groups is 1. The van der Waals surface area contributed by atoms with E-state index in [2.05, 4.69) is 20.5 Å². The number of thioether (sulfide) groups is 1. The molecule has 3 aromatic heterocycles. The first-order chi connectivity index (χ1) is 14.0. The second-order valence-electron chi connectivity index (χ2n) is 6.68. The molecule has 0 aliphatic carbocycles. The van der Waals surface area contributed by atoms with Gasteiger partial charge in [-0.3, -0.25) is 19.3 Å². The van der Waals surface area contributed by atoms with Gasteiger partial charge in [0, 0.05) is 11.8 Å². The molecule has 148 valence electrons. The molecule has 0 fully saturated rings. The van der Waals surface area contributed by atoms with Crippen LogP contribution in [-0.4, -0.2) is 31.4 Å². The van der Waals surface area contributed by atoms with Crippen LogP contribution in [0.25, 0.3) is 10.2 Å². The van der Waals surface area contributed by atoms with E-state index < -0.39 is 0 Å². The Bertz CT molecular complexity index is 1220. The third kappa shape index (κ3) is 4.41. The smallest absolute Gasteiger partial charge is 0.272 e. The minimum Gasteiger partial charge on any atom is -0.308 e. The number of thiophene rings is 1. The molecule has 0 aliphatic rings. The summed E-state index contributed by atoms with van der Waals surface area (Å²) in [6.07, 6.45) is 0. The number of rotatable bonds is 6. The van der Waals surface area contributed by atoms with Crippen molar-refractivity contribution in [1.29, 1.82) is 0 Å². The van der Waals surface area contributed by atoms with E-state index in [0.717, 1.165) is 16.8 Å². The zero-order chi connectivity index (χ0) is 20.4. The molecule has 0 spiro atoms. The molecule has 2 N–H and O–H groups in total. The third-order valence-corrected chi connectivity index (χ3v) is 6.17. The third-order valence-electron chi connectivity index (χ3n) is 4.30. The molecule has 0 unspecified atom stereocenters. The Morgan fingerprint density at radius 1 is 1.24 bits per heavy atom. The maximum atomic E-state index is 13.0. The average Bonchev–Trinajstić information content (AvgIpc) is 3.33. The number of aromatic nitrogens is 4. The molecule has 3 heterocycles. The minimum absolute atomic E-state index is 0.0867. The van der Waals surface area contributed by atoms with Crippen LogP contribution in [0.4, 0.5) is 5.82 Å². The Labute approximate surface area is 175 Å². The van der Waals surface area contributed by atoms with Gasteiger partial charge in [-0.15, -0.1) is 11.3 Å². The van der Waals surface area contributed by atoms with Gasteiger partial charge in [0.2, 0.25) is 5.91 Å². The molecule has 1 amide bonds. The van der Waals surface area contributed by atoms with Gasteiger partial charge >= 0.3 is 0 Å². The van der Waals surface area contributed by atoms with Gasteiger partial charge in [0.15, 0.2) is 11.0 Å². The number of aromatic amines is 1. The highest BCUT2D eigenvalue weighted by Crippen LogP contribution is 2.22. The van der Waals surface area contributed by atoms with Crippen LogP contribution in [0.1, 0.15) is 16.8 Å². The highest BCUT2D eigenvalue weighted by Gasteiger charge is 2.15. The van der Waals surface area contributed by atoms with E-state index in [1.165, 1.54) is 23.1 Å². The van der Waals surface area contributed by atoms with Gasteiger partial charge in [-0.2, -0.15) is 5.10 Å². The van der Waals surface area contributed by atoms with Crippen molar-refractivity contribution in [3.05, 3.63) is 69.0 Å². The van der Waals surface area contributed by atoms with E-state index in [1.807, 2.05) is 49.6 Å². The van der Waals surface area contributed by atoms with Gasteiger partial charge in [0.05, 0.1) is 17.8 Å². The minimum atomic E-state index is -0.206. The summed E-state index contributed by atoms with van der Waals surface area (Å²) in [5.74, 6) is 0.400. The van der Waals surface area contributed by atoms with Crippen molar-refractivity contribution in [2.45, 2.75) is 25.5 Å². The first-order valence-corrected chi connectivity index (χ1v) is 10.8. The van der Waals surface area contributed by atoms with E-state index in [-0.39, 0.29) is 17.2 Å². The van der Waals surface area contributed by atoms with Crippen LogP contribution < -0.4 is 10.9 Å². The number of amides is 1. The number of hydrogen-bond acceptors (Lipinski definition) is 6. The summed E-state index contributed by atoms with van der Waals surface area (Å²) in [5.41, 5.74) is 3.60. The van der Waals surface area contributed by atoms with E-state index in [4.69, 9.17) is 0 Å². The van der Waals surface area contributed by atoms with Crippen LogP contribution in [0.5, 0.6) is 0 Å². The fourth-order valence-electron chi connectivity index (χ4n) is 2.84. The number of hydrogen-bond donors (Lipinski definition) is 2. The molecule has 9 heteroatoms. The van der Waals surface area contributed by atoms with Crippen molar-refractivity contribution in [2.24, 2.45) is 0 Å². The number of benzene rings is 1. The van der Waals surface area contributed by atoms with Crippen molar-refractivity contribution in [2.75, 3.05) is 11.1 Å². The van der Waals surface area contributed by atoms with Gasteiger partial charge in [-0.05, 0) is 30.9 Å². The molecule has 0 saturated carbocycles. The van der Waals surface area contributed by atoms with Crippen LogP contribution in [0, 0.1) is 13.8 Å². The van der Waals surface area contributed by atoms with Crippen molar-refractivity contribution < 1.29 is 4.79 Å². The summed E-state index contributed by atoms with van der Waals surface area (Å²) < 4.78 is 2.26. The predicted octanol–water partition coefficient (Wildman–Crippen LogP) is 3.58. The van der Waals surface area contributed by atoms with Gasteiger partial charge in [-0.25, -0.2) is 4.98 Å². The van der Waals surface area contributed by atoms with E-state index >= 15 is 0 Å². The molecule has 7 nitrogen and oxygen atoms in total. The van der Waals surface area contributed by atoms with Crippen LogP contribution in [0.3, 0.4) is 0 Å². The lowest BCUT2D eigenvalue weighted by Crippen LogP contribution is -2.24. The van der Waals surface area contributed by atoms with Crippen LogP contribution >= 0.6 is 23.1 Å². The quantitative estimate of drug-likeness (QED) is 0.364. The molecule has 0 bridgehead atoms. The number of aryl methyl sites for hydroxylation is 2. The highest BCUT2D eigenvalue weighted by atomic mass is 32.2. The van der Waals surface area contributed by atoms with Crippen LogP contribution in [-0.2, 0) is 11.3 Å². The normalized spacial score (nSPS) is 11.1. The fourth-order valence-corrected chi connectivity index (χ4v) is 4.42. The topological polar surface area (TPSA) is 92.7 Å². The summed E-state index contributed by atoms with van der Waals surface area (Å²) in [7, 11) is 0. The van der Waals surface area contributed by atoms with Gasteiger partial charge < -0.3 is 5.32 Å². The molecule has 0 radical (unpaired) electrons. The van der Waals surface area contributed by atoms with E-state index in [9.17, 15) is 9.59 Å². The van der Waals surface area contributed by atoms with Crippen molar-refractivity contribution >= 4 is 45.0 Å². The van der Waals surface area contributed by atoms with Crippen LogP contribution in [0.15, 0.2) is 51.7 Å². The van der Waals surface area contributed by atoms with Gasteiger partial charge in [-0.1, -0.05) is 41.6 Å². The summed E-state index contributed by atoms with van der Waals surface area (Å²) in [6.45, 7) is 4.29. The maximum Gasteiger partial charge on any atom is 0.272 e. The molecular formula is C20H19N5O2S2. The van der Waals surface area contributed by atoms with Crippen molar-refractivity contribution in [1.82, 2.24) is 19.7 Å².